The van der Waals surface area contributed by atoms with Crippen molar-refractivity contribution in [2.75, 3.05) is 13.2 Å². The summed E-state index contributed by atoms with van der Waals surface area (Å²) >= 11 is 0. The van der Waals surface area contributed by atoms with Crippen LogP contribution in [0.2, 0.25) is 0 Å². The smallest absolute Gasteiger partial charge is 0.363 e. The minimum absolute atomic E-state index is 0.222. The molecule has 1 aromatic heterocycles. The quantitative estimate of drug-likeness (QED) is 0.779. The monoisotopic (exact) mass is 245 g/mol. The van der Waals surface area contributed by atoms with Crippen molar-refractivity contribution >= 4 is 7.60 Å². The van der Waals surface area contributed by atoms with E-state index in [1.54, 1.807) is 26.0 Å². The second-order valence-electron chi connectivity index (χ2n) is 3.03. The molecule has 0 spiro atoms. The number of hydrogen-bond donors (Lipinski definition) is 1. The lowest BCUT2D eigenvalue weighted by Gasteiger charge is -2.22. The van der Waals surface area contributed by atoms with Gasteiger partial charge in [0.2, 0.25) is 0 Å². The van der Waals surface area contributed by atoms with Crippen molar-refractivity contribution in [3.63, 3.8) is 0 Å². The van der Waals surface area contributed by atoms with Gasteiger partial charge in [0, 0.05) is 12.4 Å². The Morgan fingerprint density at radius 1 is 1.31 bits per heavy atom. The standard InChI is InChI=1S/C10H16NO4P/c1-3-14-16(13,15-4-2)10(12)9-5-7-11-8-6-9/h5-8,10,12H,3-4H2,1-2H3/t10-/m1/s1. The number of rotatable bonds is 6. The van der Waals surface area contributed by atoms with Crippen LogP contribution in [0.4, 0.5) is 0 Å². The van der Waals surface area contributed by atoms with Crippen molar-refractivity contribution in [1.29, 1.82) is 0 Å². The summed E-state index contributed by atoms with van der Waals surface area (Å²) in [6.07, 6.45) is 3.03. The Labute approximate surface area is 95.0 Å². The maximum atomic E-state index is 12.2. The molecule has 0 amide bonds. The van der Waals surface area contributed by atoms with E-state index >= 15 is 0 Å². The Bertz CT molecular complexity index is 347. The minimum atomic E-state index is -3.50. The Morgan fingerprint density at radius 3 is 2.25 bits per heavy atom. The fourth-order valence-corrected chi connectivity index (χ4v) is 2.87. The molecule has 0 aliphatic rings. The van der Waals surface area contributed by atoms with Gasteiger partial charge in [-0.1, -0.05) is 0 Å². The van der Waals surface area contributed by atoms with E-state index in [1.165, 1.54) is 12.4 Å². The van der Waals surface area contributed by atoms with Gasteiger partial charge in [-0.15, -0.1) is 0 Å². The second-order valence-corrected chi connectivity index (χ2v) is 5.11. The SMILES string of the molecule is CCOP(=O)(OCC)[C@@H](O)c1ccncc1. The van der Waals surface area contributed by atoms with Gasteiger partial charge in [-0.25, -0.2) is 0 Å². The lowest BCUT2D eigenvalue weighted by Crippen LogP contribution is -2.06. The highest BCUT2D eigenvalue weighted by Gasteiger charge is 2.35. The first-order chi connectivity index (χ1) is 7.64. The van der Waals surface area contributed by atoms with Gasteiger partial charge in [-0.3, -0.25) is 9.55 Å². The van der Waals surface area contributed by atoms with E-state index in [-0.39, 0.29) is 13.2 Å². The zero-order valence-corrected chi connectivity index (χ0v) is 10.3. The zero-order valence-electron chi connectivity index (χ0n) is 9.37. The summed E-state index contributed by atoms with van der Waals surface area (Å²) in [6, 6.07) is 3.16. The van der Waals surface area contributed by atoms with Crippen molar-refractivity contribution in [2.45, 2.75) is 19.7 Å². The Morgan fingerprint density at radius 2 is 1.81 bits per heavy atom. The largest absolute Gasteiger partial charge is 0.376 e. The molecule has 1 heterocycles. The minimum Gasteiger partial charge on any atom is -0.376 e. The molecule has 0 radical (unpaired) electrons. The van der Waals surface area contributed by atoms with Crippen LogP contribution < -0.4 is 0 Å². The van der Waals surface area contributed by atoms with Gasteiger partial charge in [-0.2, -0.15) is 0 Å². The first kappa shape index (κ1) is 13.3. The van der Waals surface area contributed by atoms with Crippen LogP contribution in [0.25, 0.3) is 0 Å². The lowest BCUT2D eigenvalue weighted by molar-refractivity contribution is 0.150. The van der Waals surface area contributed by atoms with Crippen molar-refractivity contribution in [3.8, 4) is 0 Å². The predicted octanol–water partition coefficient (Wildman–Crippen LogP) is 2.34. The van der Waals surface area contributed by atoms with Crippen LogP contribution in [0.3, 0.4) is 0 Å². The molecular formula is C10H16NO4P. The van der Waals surface area contributed by atoms with E-state index in [9.17, 15) is 9.67 Å². The lowest BCUT2D eigenvalue weighted by atomic mass is 10.3. The average Bonchev–Trinajstić information content (AvgIpc) is 2.30. The molecule has 0 saturated heterocycles. The third-order valence-electron chi connectivity index (χ3n) is 1.92. The number of hydrogen-bond acceptors (Lipinski definition) is 5. The number of aliphatic hydroxyl groups excluding tert-OH is 1. The third-order valence-corrected chi connectivity index (χ3v) is 4.06. The van der Waals surface area contributed by atoms with Gasteiger partial charge in [0.1, 0.15) is 0 Å². The molecule has 0 saturated carbocycles. The molecule has 1 atom stereocenters. The highest BCUT2D eigenvalue weighted by molar-refractivity contribution is 7.54. The van der Waals surface area contributed by atoms with E-state index in [4.69, 9.17) is 9.05 Å². The maximum absolute atomic E-state index is 12.2. The maximum Gasteiger partial charge on any atom is 0.363 e. The highest BCUT2D eigenvalue weighted by atomic mass is 31.2. The average molecular weight is 245 g/mol. The molecule has 0 aromatic carbocycles. The fraction of sp³-hybridized carbons (Fsp3) is 0.500. The molecule has 0 bridgehead atoms. The number of aliphatic hydroxyl groups is 1. The zero-order chi connectivity index (χ0) is 12.0. The topological polar surface area (TPSA) is 68.7 Å². The van der Waals surface area contributed by atoms with E-state index in [0.29, 0.717) is 5.56 Å². The molecule has 5 nitrogen and oxygen atoms in total. The molecule has 16 heavy (non-hydrogen) atoms. The van der Waals surface area contributed by atoms with Crippen molar-refractivity contribution < 1.29 is 18.7 Å². The van der Waals surface area contributed by atoms with Crippen LogP contribution in [0.5, 0.6) is 0 Å². The number of pyridine rings is 1. The summed E-state index contributed by atoms with van der Waals surface area (Å²) in [5.41, 5.74) is 0.472. The van der Waals surface area contributed by atoms with Crippen molar-refractivity contribution in [2.24, 2.45) is 0 Å². The van der Waals surface area contributed by atoms with E-state index in [2.05, 4.69) is 4.98 Å². The first-order valence-corrected chi connectivity index (χ1v) is 6.72. The van der Waals surface area contributed by atoms with Crippen LogP contribution in [-0.2, 0) is 13.6 Å². The van der Waals surface area contributed by atoms with Gasteiger partial charge in [0.05, 0.1) is 13.2 Å². The van der Waals surface area contributed by atoms with Gasteiger partial charge in [0.15, 0.2) is 5.85 Å². The third kappa shape index (κ3) is 3.12. The van der Waals surface area contributed by atoms with Crippen molar-refractivity contribution in [3.05, 3.63) is 30.1 Å². The van der Waals surface area contributed by atoms with Gasteiger partial charge < -0.3 is 14.2 Å². The fourth-order valence-electron chi connectivity index (χ4n) is 1.26. The summed E-state index contributed by atoms with van der Waals surface area (Å²) in [5, 5.41) is 9.96. The van der Waals surface area contributed by atoms with E-state index in [0.717, 1.165) is 0 Å². The van der Waals surface area contributed by atoms with Crippen molar-refractivity contribution in [1.82, 2.24) is 4.98 Å². The van der Waals surface area contributed by atoms with Gasteiger partial charge in [-0.05, 0) is 31.5 Å². The molecule has 0 fully saturated rings. The molecular weight excluding hydrogens is 229 g/mol. The van der Waals surface area contributed by atoms with E-state index < -0.39 is 13.4 Å². The molecule has 6 heteroatoms. The molecule has 1 N–H and O–H groups in total. The van der Waals surface area contributed by atoms with E-state index in [1.807, 2.05) is 0 Å². The second kappa shape index (κ2) is 6.11. The van der Waals surface area contributed by atoms with Crippen LogP contribution in [-0.4, -0.2) is 23.3 Å². The highest BCUT2D eigenvalue weighted by Crippen LogP contribution is 2.59. The molecule has 90 valence electrons. The Hall–Kier alpha value is -0.740. The summed E-state index contributed by atoms with van der Waals surface area (Å²) in [6.45, 7) is 3.84. The Kier molecular flexibility index (Phi) is 5.09. The summed E-state index contributed by atoms with van der Waals surface area (Å²) < 4.78 is 22.3. The first-order valence-electron chi connectivity index (χ1n) is 5.10. The van der Waals surface area contributed by atoms with Gasteiger partial charge in [0.25, 0.3) is 0 Å². The molecule has 0 aliphatic carbocycles. The summed E-state index contributed by atoms with van der Waals surface area (Å²) in [7, 11) is -3.50. The normalized spacial score (nSPS) is 13.7. The Balaban J connectivity index is 2.91. The predicted molar refractivity (Wildman–Crippen MR) is 60.1 cm³/mol. The van der Waals surface area contributed by atoms with Crippen LogP contribution in [0, 0.1) is 0 Å². The summed E-state index contributed by atoms with van der Waals surface area (Å²) in [5.74, 6) is -1.27. The molecule has 0 unspecified atom stereocenters. The molecule has 1 rings (SSSR count). The van der Waals surface area contributed by atoms with Crippen LogP contribution in [0.15, 0.2) is 24.5 Å². The number of aromatic nitrogens is 1. The van der Waals surface area contributed by atoms with Gasteiger partial charge >= 0.3 is 7.60 Å². The number of nitrogens with zero attached hydrogens (tertiary/aromatic N) is 1. The van der Waals surface area contributed by atoms with Crippen LogP contribution >= 0.6 is 7.60 Å². The van der Waals surface area contributed by atoms with Crippen LogP contribution in [0.1, 0.15) is 25.3 Å². The molecule has 1 aromatic rings. The summed E-state index contributed by atoms with van der Waals surface area (Å²) in [4.78, 5) is 3.82. The molecule has 0 aliphatic heterocycles.